The van der Waals surface area contributed by atoms with Gasteiger partial charge >= 0.3 is 0 Å². The monoisotopic (exact) mass is 197 g/mol. The molecule has 0 aliphatic carbocycles. The average Bonchev–Trinajstić information content (AvgIpc) is 2.74. The highest BCUT2D eigenvalue weighted by molar-refractivity contribution is 8.00. The molecular weight excluding hydrogens is 186 g/mol. The summed E-state index contributed by atoms with van der Waals surface area (Å²) in [6.45, 7) is 0. The number of imidazole rings is 1. The van der Waals surface area contributed by atoms with Crippen molar-refractivity contribution in [3.63, 3.8) is 0 Å². The van der Waals surface area contributed by atoms with Crippen LogP contribution in [0.2, 0.25) is 0 Å². The maximum atomic E-state index is 11.5. The van der Waals surface area contributed by atoms with Gasteiger partial charge in [-0.15, -0.1) is 11.8 Å². The van der Waals surface area contributed by atoms with Gasteiger partial charge in [-0.25, -0.2) is 4.98 Å². The first-order valence-electron chi connectivity index (χ1n) is 4.28. The molecule has 0 aromatic carbocycles. The van der Waals surface area contributed by atoms with Gasteiger partial charge in [0.1, 0.15) is 0 Å². The summed E-state index contributed by atoms with van der Waals surface area (Å²) in [5.41, 5.74) is 0. The zero-order chi connectivity index (χ0) is 9.10. The number of rotatable bonds is 2. The highest BCUT2D eigenvalue weighted by Crippen LogP contribution is 2.26. The van der Waals surface area contributed by atoms with E-state index in [1.54, 1.807) is 24.2 Å². The third-order valence-electron chi connectivity index (χ3n) is 1.96. The minimum Gasteiger partial charge on any atom is -0.331 e. The molecule has 13 heavy (non-hydrogen) atoms. The van der Waals surface area contributed by atoms with Gasteiger partial charge < -0.3 is 4.98 Å². The summed E-state index contributed by atoms with van der Waals surface area (Å²) in [6.07, 6.45) is 5.44. The molecule has 0 saturated carbocycles. The highest BCUT2D eigenvalue weighted by atomic mass is 32.2. The van der Waals surface area contributed by atoms with Gasteiger partial charge in [0.2, 0.25) is 11.9 Å². The molecule has 0 spiro atoms. The maximum Gasteiger partial charge on any atom is 0.239 e. The zero-order valence-electron chi connectivity index (χ0n) is 7.12. The van der Waals surface area contributed by atoms with Crippen molar-refractivity contribution in [3.05, 3.63) is 12.4 Å². The highest BCUT2D eigenvalue weighted by Gasteiger charge is 2.23. The third kappa shape index (κ3) is 2.03. The van der Waals surface area contributed by atoms with Crippen LogP contribution in [0.1, 0.15) is 12.8 Å². The molecule has 2 N–H and O–H groups in total. The third-order valence-corrected chi connectivity index (χ3v) is 3.34. The molecule has 1 aliphatic rings. The maximum absolute atomic E-state index is 11.5. The predicted molar refractivity (Wildman–Crippen MR) is 52.7 cm³/mol. The van der Waals surface area contributed by atoms with Crippen molar-refractivity contribution in [3.8, 4) is 0 Å². The molecule has 2 heterocycles. The van der Waals surface area contributed by atoms with Crippen LogP contribution in [0, 0.1) is 0 Å². The van der Waals surface area contributed by atoms with Gasteiger partial charge in [0.15, 0.2) is 0 Å². The van der Waals surface area contributed by atoms with Crippen LogP contribution in [-0.2, 0) is 4.79 Å². The molecule has 1 aliphatic heterocycles. The lowest BCUT2D eigenvalue weighted by molar-refractivity contribution is -0.115. The Hall–Kier alpha value is -0.970. The van der Waals surface area contributed by atoms with Gasteiger partial charge in [-0.05, 0) is 18.6 Å². The molecule has 70 valence electrons. The molecule has 2 rings (SSSR count). The van der Waals surface area contributed by atoms with Crippen LogP contribution in [0.25, 0.3) is 0 Å². The van der Waals surface area contributed by atoms with Gasteiger partial charge in [0, 0.05) is 12.4 Å². The van der Waals surface area contributed by atoms with E-state index in [9.17, 15) is 4.79 Å². The minimum atomic E-state index is 0.0671. The van der Waals surface area contributed by atoms with Gasteiger partial charge in [-0.2, -0.15) is 0 Å². The van der Waals surface area contributed by atoms with Crippen molar-refractivity contribution < 1.29 is 4.79 Å². The predicted octanol–water partition coefficient (Wildman–Crippen LogP) is 1.24. The molecular formula is C8H11N3OS. The van der Waals surface area contributed by atoms with E-state index in [1.165, 1.54) is 0 Å². The molecule has 0 bridgehead atoms. The van der Waals surface area contributed by atoms with Crippen LogP contribution in [0.5, 0.6) is 0 Å². The van der Waals surface area contributed by atoms with Gasteiger partial charge in [-0.3, -0.25) is 10.1 Å². The van der Waals surface area contributed by atoms with Gasteiger partial charge in [-0.1, -0.05) is 0 Å². The van der Waals surface area contributed by atoms with Crippen LogP contribution in [0.3, 0.4) is 0 Å². The summed E-state index contributed by atoms with van der Waals surface area (Å²) in [6, 6.07) is 0. The van der Waals surface area contributed by atoms with Crippen LogP contribution in [-0.4, -0.2) is 26.9 Å². The number of carbonyl (C=O) groups excluding carboxylic acids is 1. The van der Waals surface area contributed by atoms with Crippen molar-refractivity contribution in [2.45, 2.75) is 18.1 Å². The summed E-state index contributed by atoms with van der Waals surface area (Å²) >= 11 is 1.72. The Morgan fingerprint density at radius 1 is 1.77 bits per heavy atom. The molecule has 1 aromatic heterocycles. The molecule has 4 nitrogen and oxygen atoms in total. The van der Waals surface area contributed by atoms with Gasteiger partial charge in [0.05, 0.1) is 5.25 Å². The summed E-state index contributed by atoms with van der Waals surface area (Å²) in [5.74, 6) is 1.70. The fourth-order valence-corrected chi connectivity index (χ4v) is 2.48. The zero-order valence-corrected chi connectivity index (χ0v) is 7.93. The van der Waals surface area contributed by atoms with E-state index < -0.39 is 0 Å². The topological polar surface area (TPSA) is 57.8 Å². The minimum absolute atomic E-state index is 0.0671. The van der Waals surface area contributed by atoms with E-state index in [0.29, 0.717) is 5.95 Å². The molecule has 1 aromatic rings. The molecule has 1 saturated heterocycles. The van der Waals surface area contributed by atoms with E-state index in [1.807, 2.05) is 0 Å². The Morgan fingerprint density at radius 2 is 2.69 bits per heavy atom. The summed E-state index contributed by atoms with van der Waals surface area (Å²) in [4.78, 5) is 18.3. The lowest BCUT2D eigenvalue weighted by Gasteiger charge is -2.06. The summed E-state index contributed by atoms with van der Waals surface area (Å²) in [7, 11) is 0. The first-order chi connectivity index (χ1) is 6.36. The van der Waals surface area contributed by atoms with E-state index >= 15 is 0 Å². The van der Waals surface area contributed by atoms with E-state index in [-0.39, 0.29) is 11.2 Å². The Kier molecular flexibility index (Phi) is 2.54. The number of thioether (sulfide) groups is 1. The van der Waals surface area contributed by atoms with Crippen molar-refractivity contribution in [1.29, 1.82) is 0 Å². The molecule has 0 radical (unpaired) electrons. The quantitative estimate of drug-likeness (QED) is 0.750. The van der Waals surface area contributed by atoms with Crippen molar-refractivity contribution >= 4 is 23.6 Å². The standard InChI is InChI=1S/C8H11N3OS/c12-7(6-2-1-5-13-6)11-8-9-3-4-10-8/h3-4,6H,1-2,5H2,(H2,9,10,11,12). The Morgan fingerprint density at radius 3 is 3.31 bits per heavy atom. The number of H-pyrrole nitrogens is 1. The molecule has 1 atom stereocenters. The Labute approximate surface area is 80.5 Å². The SMILES string of the molecule is O=C(Nc1ncc[nH]1)C1CCCS1. The number of aromatic nitrogens is 2. The fraction of sp³-hybridized carbons (Fsp3) is 0.500. The number of anilines is 1. The number of amides is 1. The number of carbonyl (C=O) groups is 1. The van der Waals surface area contributed by atoms with E-state index in [2.05, 4.69) is 15.3 Å². The second-order valence-corrected chi connectivity index (χ2v) is 4.24. The summed E-state index contributed by atoms with van der Waals surface area (Å²) in [5, 5.41) is 2.85. The van der Waals surface area contributed by atoms with Crippen LogP contribution in [0.15, 0.2) is 12.4 Å². The van der Waals surface area contributed by atoms with E-state index in [0.717, 1.165) is 18.6 Å². The Balaban J connectivity index is 1.91. The Bertz CT molecular complexity index is 280. The molecule has 1 unspecified atom stereocenters. The number of nitrogens with one attached hydrogen (secondary N) is 2. The first kappa shape index (κ1) is 8.62. The fourth-order valence-electron chi connectivity index (χ4n) is 1.32. The average molecular weight is 197 g/mol. The normalized spacial score (nSPS) is 21.7. The van der Waals surface area contributed by atoms with Crippen LogP contribution < -0.4 is 5.32 Å². The van der Waals surface area contributed by atoms with Crippen molar-refractivity contribution in [2.24, 2.45) is 0 Å². The largest absolute Gasteiger partial charge is 0.331 e. The van der Waals surface area contributed by atoms with Crippen LogP contribution in [0.4, 0.5) is 5.95 Å². The lowest BCUT2D eigenvalue weighted by Crippen LogP contribution is -2.23. The first-order valence-corrected chi connectivity index (χ1v) is 5.33. The van der Waals surface area contributed by atoms with Crippen molar-refractivity contribution in [2.75, 3.05) is 11.1 Å². The smallest absolute Gasteiger partial charge is 0.239 e. The molecule has 5 heteroatoms. The molecule has 1 fully saturated rings. The second-order valence-electron chi connectivity index (χ2n) is 2.93. The number of aromatic amines is 1. The summed E-state index contributed by atoms with van der Waals surface area (Å²) < 4.78 is 0. The lowest BCUT2D eigenvalue weighted by atomic mass is 10.2. The van der Waals surface area contributed by atoms with E-state index in [4.69, 9.17) is 0 Å². The number of hydrogen-bond acceptors (Lipinski definition) is 3. The van der Waals surface area contributed by atoms with Gasteiger partial charge in [0.25, 0.3) is 0 Å². The second kappa shape index (κ2) is 3.83. The number of nitrogens with zero attached hydrogens (tertiary/aromatic N) is 1. The van der Waals surface area contributed by atoms with Crippen molar-refractivity contribution in [1.82, 2.24) is 9.97 Å². The van der Waals surface area contributed by atoms with Crippen LogP contribution >= 0.6 is 11.8 Å². The number of hydrogen-bond donors (Lipinski definition) is 2. The molecule has 1 amide bonds.